The van der Waals surface area contributed by atoms with Crippen molar-refractivity contribution in [1.82, 2.24) is 10.6 Å². The predicted octanol–water partition coefficient (Wildman–Crippen LogP) is 1.69. The van der Waals surface area contributed by atoms with Crippen molar-refractivity contribution in [2.75, 3.05) is 13.1 Å². The third-order valence-electron chi connectivity index (χ3n) is 1.92. The molecule has 0 spiro atoms. The van der Waals surface area contributed by atoms with Crippen LogP contribution in [0.2, 0.25) is 0 Å². The van der Waals surface area contributed by atoms with Gasteiger partial charge in [-0.1, -0.05) is 0 Å². The van der Waals surface area contributed by atoms with Gasteiger partial charge < -0.3 is 15.4 Å². The van der Waals surface area contributed by atoms with E-state index in [0.29, 0.717) is 13.1 Å². The summed E-state index contributed by atoms with van der Waals surface area (Å²) >= 11 is 0. The van der Waals surface area contributed by atoms with E-state index >= 15 is 0 Å². The highest BCUT2D eigenvalue weighted by Crippen LogP contribution is 2.09. The SMILES string of the molecule is CC(CNC(=O)CNC(C)(C)C)OC(C)(C)C. The Kier molecular flexibility index (Phi) is 6.13. The van der Waals surface area contributed by atoms with Crippen LogP contribution < -0.4 is 10.6 Å². The molecule has 1 amide bonds. The minimum Gasteiger partial charge on any atom is -0.371 e. The molecular weight excluding hydrogens is 216 g/mol. The summed E-state index contributed by atoms with van der Waals surface area (Å²) in [7, 11) is 0. The van der Waals surface area contributed by atoms with Crippen LogP contribution in [0, 0.1) is 0 Å². The second-order valence-electron chi connectivity index (χ2n) is 6.45. The average molecular weight is 244 g/mol. The predicted molar refractivity (Wildman–Crippen MR) is 71.1 cm³/mol. The highest BCUT2D eigenvalue weighted by Gasteiger charge is 2.16. The third-order valence-corrected chi connectivity index (χ3v) is 1.92. The molecule has 0 rings (SSSR count). The van der Waals surface area contributed by atoms with Crippen molar-refractivity contribution in [3.8, 4) is 0 Å². The molecule has 2 N–H and O–H groups in total. The molecule has 17 heavy (non-hydrogen) atoms. The van der Waals surface area contributed by atoms with Crippen molar-refractivity contribution in [3.05, 3.63) is 0 Å². The van der Waals surface area contributed by atoms with Gasteiger partial charge in [0.25, 0.3) is 0 Å². The highest BCUT2D eigenvalue weighted by molar-refractivity contribution is 5.78. The van der Waals surface area contributed by atoms with Gasteiger partial charge in [-0.05, 0) is 48.5 Å². The first kappa shape index (κ1) is 16.4. The van der Waals surface area contributed by atoms with Crippen molar-refractivity contribution >= 4 is 5.91 Å². The average Bonchev–Trinajstić information content (AvgIpc) is 2.07. The molecule has 0 heterocycles. The van der Waals surface area contributed by atoms with E-state index in [9.17, 15) is 4.79 Å². The second-order valence-corrected chi connectivity index (χ2v) is 6.45. The fourth-order valence-electron chi connectivity index (χ4n) is 1.31. The fraction of sp³-hybridized carbons (Fsp3) is 0.923. The first-order chi connectivity index (χ1) is 7.49. The standard InChI is InChI=1S/C13H28N2O2/c1-10(17-13(5,6)7)8-14-11(16)9-15-12(2,3)4/h10,15H,8-9H2,1-7H3,(H,14,16). The van der Waals surface area contributed by atoms with E-state index in [1.54, 1.807) is 0 Å². The van der Waals surface area contributed by atoms with E-state index in [4.69, 9.17) is 4.74 Å². The smallest absolute Gasteiger partial charge is 0.234 e. The first-order valence-electron chi connectivity index (χ1n) is 6.19. The van der Waals surface area contributed by atoms with Gasteiger partial charge in [-0.3, -0.25) is 4.79 Å². The van der Waals surface area contributed by atoms with Crippen LogP contribution in [-0.2, 0) is 9.53 Å². The van der Waals surface area contributed by atoms with Gasteiger partial charge in [-0.15, -0.1) is 0 Å². The number of carbonyl (C=O) groups excluding carboxylic acids is 1. The third kappa shape index (κ3) is 11.6. The summed E-state index contributed by atoms with van der Waals surface area (Å²) in [5.41, 5.74) is -0.210. The molecule has 4 nitrogen and oxygen atoms in total. The molecule has 1 unspecified atom stereocenters. The van der Waals surface area contributed by atoms with E-state index in [1.807, 2.05) is 48.5 Å². The van der Waals surface area contributed by atoms with Crippen molar-refractivity contribution < 1.29 is 9.53 Å². The zero-order valence-electron chi connectivity index (χ0n) is 12.3. The van der Waals surface area contributed by atoms with Crippen LogP contribution in [0.3, 0.4) is 0 Å². The molecule has 0 aliphatic heterocycles. The summed E-state index contributed by atoms with van der Waals surface area (Å²) in [6.07, 6.45) is 0.0218. The van der Waals surface area contributed by atoms with Crippen molar-refractivity contribution in [1.29, 1.82) is 0 Å². The zero-order valence-corrected chi connectivity index (χ0v) is 12.3. The Labute approximate surface area is 105 Å². The van der Waals surface area contributed by atoms with E-state index in [-0.39, 0.29) is 23.2 Å². The first-order valence-corrected chi connectivity index (χ1v) is 6.19. The van der Waals surface area contributed by atoms with Crippen LogP contribution in [0.4, 0.5) is 0 Å². The maximum Gasteiger partial charge on any atom is 0.234 e. The van der Waals surface area contributed by atoms with Gasteiger partial charge in [0.2, 0.25) is 5.91 Å². The lowest BCUT2D eigenvalue weighted by molar-refractivity contribution is -0.122. The number of ether oxygens (including phenoxy) is 1. The Bertz CT molecular complexity index is 239. The fourth-order valence-corrected chi connectivity index (χ4v) is 1.31. The van der Waals surface area contributed by atoms with Crippen LogP contribution in [0.5, 0.6) is 0 Å². The maximum atomic E-state index is 11.5. The summed E-state index contributed by atoms with van der Waals surface area (Å²) in [5, 5.41) is 5.99. The zero-order chi connectivity index (χ0) is 13.7. The van der Waals surface area contributed by atoms with Crippen LogP contribution in [-0.4, -0.2) is 36.2 Å². The van der Waals surface area contributed by atoms with Crippen molar-refractivity contribution in [3.63, 3.8) is 0 Å². The molecule has 0 aliphatic carbocycles. The molecule has 1 atom stereocenters. The number of amides is 1. The van der Waals surface area contributed by atoms with Crippen LogP contribution in [0.1, 0.15) is 48.5 Å². The Morgan fingerprint density at radius 1 is 1.18 bits per heavy atom. The van der Waals surface area contributed by atoms with Crippen molar-refractivity contribution in [2.45, 2.75) is 65.7 Å². The molecule has 0 aromatic heterocycles. The van der Waals surface area contributed by atoms with Crippen LogP contribution in [0.25, 0.3) is 0 Å². The van der Waals surface area contributed by atoms with E-state index < -0.39 is 0 Å². The quantitative estimate of drug-likeness (QED) is 0.774. The largest absolute Gasteiger partial charge is 0.371 e. The molecule has 0 fully saturated rings. The molecule has 4 heteroatoms. The molecule has 0 saturated carbocycles. The summed E-state index contributed by atoms with van der Waals surface area (Å²) < 4.78 is 5.70. The van der Waals surface area contributed by atoms with Gasteiger partial charge in [0.15, 0.2) is 0 Å². The molecule has 0 aliphatic rings. The van der Waals surface area contributed by atoms with E-state index in [1.165, 1.54) is 0 Å². The second kappa shape index (κ2) is 6.36. The highest BCUT2D eigenvalue weighted by atomic mass is 16.5. The molecule has 0 radical (unpaired) electrons. The Morgan fingerprint density at radius 3 is 2.12 bits per heavy atom. The summed E-state index contributed by atoms with van der Waals surface area (Å²) in [6.45, 7) is 15.0. The lowest BCUT2D eigenvalue weighted by Crippen LogP contribution is -2.45. The minimum atomic E-state index is -0.173. The van der Waals surface area contributed by atoms with Gasteiger partial charge in [0.1, 0.15) is 0 Å². The summed E-state index contributed by atoms with van der Waals surface area (Å²) in [4.78, 5) is 11.5. The Balaban J connectivity index is 3.78. The van der Waals surface area contributed by atoms with E-state index in [2.05, 4.69) is 10.6 Å². The monoisotopic (exact) mass is 244 g/mol. The molecule has 0 aromatic rings. The van der Waals surface area contributed by atoms with E-state index in [0.717, 1.165) is 0 Å². The Morgan fingerprint density at radius 2 is 1.71 bits per heavy atom. The number of hydrogen-bond acceptors (Lipinski definition) is 3. The van der Waals surface area contributed by atoms with Gasteiger partial charge >= 0.3 is 0 Å². The molecular formula is C13H28N2O2. The number of hydrogen-bond donors (Lipinski definition) is 2. The van der Waals surface area contributed by atoms with Gasteiger partial charge in [-0.25, -0.2) is 0 Å². The molecule has 0 bridgehead atoms. The number of rotatable bonds is 5. The van der Waals surface area contributed by atoms with Gasteiger partial charge in [0.05, 0.1) is 18.2 Å². The maximum absolute atomic E-state index is 11.5. The lowest BCUT2D eigenvalue weighted by Gasteiger charge is -2.25. The lowest BCUT2D eigenvalue weighted by atomic mass is 10.1. The number of carbonyl (C=O) groups is 1. The topological polar surface area (TPSA) is 50.4 Å². The summed E-state index contributed by atoms with van der Waals surface area (Å²) in [6, 6.07) is 0. The van der Waals surface area contributed by atoms with Crippen LogP contribution >= 0.6 is 0 Å². The molecule has 0 saturated heterocycles. The van der Waals surface area contributed by atoms with Crippen LogP contribution in [0.15, 0.2) is 0 Å². The normalized spacial score (nSPS) is 14.5. The van der Waals surface area contributed by atoms with Crippen molar-refractivity contribution in [2.24, 2.45) is 0 Å². The Hall–Kier alpha value is -0.610. The summed E-state index contributed by atoms with van der Waals surface area (Å²) in [5.74, 6) is 0.00397. The number of nitrogens with one attached hydrogen (secondary N) is 2. The van der Waals surface area contributed by atoms with Gasteiger partial charge in [0, 0.05) is 12.1 Å². The van der Waals surface area contributed by atoms with Gasteiger partial charge in [-0.2, -0.15) is 0 Å². The minimum absolute atomic E-state index is 0.00397. The molecule has 0 aromatic carbocycles. The molecule has 102 valence electrons.